The Balaban J connectivity index is 1.62. The molecular weight excluding hydrogens is 428 g/mol. The van der Waals surface area contributed by atoms with E-state index in [4.69, 9.17) is 17.3 Å². The highest BCUT2D eigenvalue weighted by atomic mass is 35.5. The molecule has 8 nitrogen and oxygen atoms in total. The number of rotatable bonds is 6. The average Bonchev–Trinajstić information content (AvgIpc) is 3.11. The van der Waals surface area contributed by atoms with Gasteiger partial charge in [0.15, 0.2) is 0 Å². The molecule has 0 saturated carbocycles. The van der Waals surface area contributed by atoms with Gasteiger partial charge in [-0.2, -0.15) is 4.31 Å². The smallest absolute Gasteiger partial charge is 0.265 e. The second-order valence-electron chi connectivity index (χ2n) is 7.47. The zero-order valence-corrected chi connectivity index (χ0v) is 18.4. The van der Waals surface area contributed by atoms with Crippen molar-refractivity contribution in [3.8, 4) is 0 Å². The van der Waals surface area contributed by atoms with E-state index < -0.39 is 15.9 Å². The molecule has 3 rings (SSSR count). The maximum absolute atomic E-state index is 12.9. The summed E-state index contributed by atoms with van der Waals surface area (Å²) in [7, 11) is -2.20. The lowest BCUT2D eigenvalue weighted by atomic mass is 9.96. The fourth-order valence-electron chi connectivity index (χ4n) is 3.66. The minimum atomic E-state index is -3.76. The number of benzene rings is 1. The van der Waals surface area contributed by atoms with Crippen molar-refractivity contribution < 1.29 is 18.0 Å². The van der Waals surface area contributed by atoms with Gasteiger partial charge in [-0.1, -0.05) is 29.8 Å². The van der Waals surface area contributed by atoms with Crippen molar-refractivity contribution in [2.45, 2.75) is 30.7 Å². The first-order chi connectivity index (χ1) is 14.1. The van der Waals surface area contributed by atoms with Gasteiger partial charge in [0, 0.05) is 37.3 Å². The number of sulfonamides is 1. The third kappa shape index (κ3) is 4.53. The SMILES string of the molecule is CC(NC(=O)C1CCN(S(=O)(=O)c2cc(C(N)=O)n(C)c2)CC1)c1ccccc1Cl. The molecule has 1 aromatic carbocycles. The minimum Gasteiger partial charge on any atom is -0.364 e. The lowest BCUT2D eigenvalue weighted by Crippen LogP contribution is -2.43. The second-order valence-corrected chi connectivity index (χ2v) is 9.81. The Kier molecular flexibility index (Phi) is 6.54. The van der Waals surface area contributed by atoms with Gasteiger partial charge in [-0.15, -0.1) is 0 Å². The molecule has 1 aromatic heterocycles. The van der Waals surface area contributed by atoms with Gasteiger partial charge in [-0.3, -0.25) is 9.59 Å². The van der Waals surface area contributed by atoms with Crippen LogP contribution in [0.3, 0.4) is 0 Å². The van der Waals surface area contributed by atoms with Crippen LogP contribution in [0.5, 0.6) is 0 Å². The summed E-state index contributed by atoms with van der Waals surface area (Å²) in [6.07, 6.45) is 2.20. The van der Waals surface area contributed by atoms with Crippen molar-refractivity contribution in [2.24, 2.45) is 18.7 Å². The zero-order chi connectivity index (χ0) is 22.1. The molecule has 1 saturated heterocycles. The number of halogens is 1. The molecule has 2 heterocycles. The lowest BCUT2D eigenvalue weighted by molar-refractivity contribution is -0.126. The summed E-state index contributed by atoms with van der Waals surface area (Å²) in [6.45, 7) is 2.31. The Morgan fingerprint density at radius 1 is 1.23 bits per heavy atom. The molecule has 1 atom stereocenters. The molecule has 1 aliphatic heterocycles. The van der Waals surface area contributed by atoms with Crippen LogP contribution in [0.25, 0.3) is 0 Å². The summed E-state index contributed by atoms with van der Waals surface area (Å²) < 4.78 is 28.5. The highest BCUT2D eigenvalue weighted by molar-refractivity contribution is 7.89. The van der Waals surface area contributed by atoms with Gasteiger partial charge in [0.05, 0.1) is 6.04 Å². The summed E-state index contributed by atoms with van der Waals surface area (Å²) in [5.41, 5.74) is 6.23. The van der Waals surface area contributed by atoms with E-state index in [0.717, 1.165) is 5.56 Å². The predicted octanol–water partition coefficient (Wildman–Crippen LogP) is 2.06. The fraction of sp³-hybridized carbons (Fsp3) is 0.400. The molecule has 162 valence electrons. The number of aryl methyl sites for hydroxylation is 1. The van der Waals surface area contributed by atoms with Crippen molar-refractivity contribution in [3.63, 3.8) is 0 Å². The van der Waals surface area contributed by atoms with Crippen LogP contribution in [-0.2, 0) is 21.9 Å². The number of primary amides is 1. The third-order valence-electron chi connectivity index (χ3n) is 5.43. The Hall–Kier alpha value is -2.36. The predicted molar refractivity (Wildman–Crippen MR) is 113 cm³/mol. The number of piperidine rings is 1. The number of carbonyl (C=O) groups excluding carboxylic acids is 2. The van der Waals surface area contributed by atoms with Gasteiger partial charge >= 0.3 is 0 Å². The van der Waals surface area contributed by atoms with Crippen molar-refractivity contribution >= 4 is 33.4 Å². The van der Waals surface area contributed by atoms with Gasteiger partial charge in [-0.25, -0.2) is 8.42 Å². The van der Waals surface area contributed by atoms with Gasteiger partial charge in [0.1, 0.15) is 10.6 Å². The summed E-state index contributed by atoms with van der Waals surface area (Å²) in [4.78, 5) is 24.1. The van der Waals surface area contributed by atoms with Crippen molar-refractivity contribution in [2.75, 3.05) is 13.1 Å². The first-order valence-corrected chi connectivity index (χ1v) is 11.4. The van der Waals surface area contributed by atoms with Crippen LogP contribution in [0.1, 0.15) is 41.9 Å². The van der Waals surface area contributed by atoms with Crippen molar-refractivity contribution in [1.29, 1.82) is 0 Å². The van der Waals surface area contributed by atoms with E-state index in [-0.39, 0.29) is 41.5 Å². The summed E-state index contributed by atoms with van der Waals surface area (Å²) in [6, 6.07) is 8.36. The Labute approximate surface area is 181 Å². The number of aromatic nitrogens is 1. The number of nitrogens with one attached hydrogen (secondary N) is 1. The van der Waals surface area contributed by atoms with E-state index in [1.165, 1.54) is 21.1 Å². The van der Waals surface area contributed by atoms with Gasteiger partial charge < -0.3 is 15.6 Å². The summed E-state index contributed by atoms with van der Waals surface area (Å²) in [5.74, 6) is -1.09. The molecule has 2 amide bonds. The van der Waals surface area contributed by atoms with E-state index in [9.17, 15) is 18.0 Å². The molecule has 1 fully saturated rings. The van der Waals surface area contributed by atoms with E-state index in [1.54, 1.807) is 13.1 Å². The van der Waals surface area contributed by atoms with Gasteiger partial charge in [-0.05, 0) is 37.5 Å². The molecule has 0 aliphatic carbocycles. The standard InChI is InChI=1S/C20H25ClN4O4S/c1-13(16-5-3-4-6-17(16)21)23-20(27)14-7-9-25(10-8-14)30(28,29)15-11-18(19(22)26)24(2)12-15/h3-6,11-14H,7-10H2,1-2H3,(H2,22,26)(H,23,27). The van der Waals surface area contributed by atoms with E-state index in [1.807, 2.05) is 25.1 Å². The van der Waals surface area contributed by atoms with Crippen LogP contribution in [0.2, 0.25) is 5.02 Å². The normalized spacial score (nSPS) is 16.9. The molecule has 30 heavy (non-hydrogen) atoms. The van der Waals surface area contributed by atoms with Crippen molar-refractivity contribution in [1.82, 2.24) is 14.2 Å². The number of nitrogens with zero attached hydrogens (tertiary/aromatic N) is 2. The number of hydrogen-bond acceptors (Lipinski definition) is 4. The highest BCUT2D eigenvalue weighted by Gasteiger charge is 2.33. The Morgan fingerprint density at radius 2 is 1.87 bits per heavy atom. The van der Waals surface area contributed by atoms with E-state index in [2.05, 4.69) is 5.32 Å². The first kappa shape index (κ1) is 22.3. The van der Waals surface area contributed by atoms with E-state index >= 15 is 0 Å². The average molecular weight is 453 g/mol. The molecule has 0 bridgehead atoms. The van der Waals surface area contributed by atoms with Crippen LogP contribution < -0.4 is 11.1 Å². The third-order valence-corrected chi connectivity index (χ3v) is 7.63. The minimum absolute atomic E-state index is 0.0223. The lowest BCUT2D eigenvalue weighted by Gasteiger charge is -2.31. The van der Waals surface area contributed by atoms with Crippen LogP contribution in [0, 0.1) is 5.92 Å². The van der Waals surface area contributed by atoms with Crippen molar-refractivity contribution in [3.05, 3.63) is 52.8 Å². The molecule has 10 heteroatoms. The maximum Gasteiger partial charge on any atom is 0.265 e. The zero-order valence-electron chi connectivity index (χ0n) is 16.8. The molecule has 0 spiro atoms. The quantitative estimate of drug-likeness (QED) is 0.697. The fourth-order valence-corrected chi connectivity index (χ4v) is 5.50. The Bertz CT molecular complexity index is 1060. The highest BCUT2D eigenvalue weighted by Crippen LogP contribution is 2.27. The molecular formula is C20H25ClN4O4S. The van der Waals surface area contributed by atoms with Crippen LogP contribution in [0.4, 0.5) is 0 Å². The molecule has 2 aromatic rings. The number of nitrogens with two attached hydrogens (primary N) is 1. The number of carbonyl (C=O) groups is 2. The monoisotopic (exact) mass is 452 g/mol. The second kappa shape index (κ2) is 8.79. The largest absolute Gasteiger partial charge is 0.364 e. The van der Waals surface area contributed by atoms with Crippen LogP contribution >= 0.6 is 11.6 Å². The summed E-state index contributed by atoms with van der Waals surface area (Å²) in [5, 5.41) is 3.56. The van der Waals surface area contributed by atoms with E-state index in [0.29, 0.717) is 17.9 Å². The van der Waals surface area contributed by atoms with Gasteiger partial charge in [0.2, 0.25) is 15.9 Å². The Morgan fingerprint density at radius 3 is 2.43 bits per heavy atom. The topological polar surface area (TPSA) is 114 Å². The molecule has 0 radical (unpaired) electrons. The van der Waals surface area contributed by atoms with Crippen LogP contribution in [0.15, 0.2) is 41.4 Å². The maximum atomic E-state index is 12.9. The number of hydrogen-bond donors (Lipinski definition) is 2. The first-order valence-electron chi connectivity index (χ1n) is 9.62. The number of amides is 2. The van der Waals surface area contributed by atoms with Gasteiger partial charge in [0.25, 0.3) is 5.91 Å². The molecule has 1 unspecified atom stereocenters. The summed E-state index contributed by atoms with van der Waals surface area (Å²) >= 11 is 6.19. The molecule has 3 N–H and O–H groups in total. The molecule has 1 aliphatic rings. The van der Waals surface area contributed by atoms with Crippen LogP contribution in [-0.4, -0.2) is 42.2 Å².